The number of hydrogen-bond donors (Lipinski definition) is 3. The van der Waals surface area contributed by atoms with E-state index < -0.39 is 39.7 Å². The average Bonchev–Trinajstić information content (AvgIpc) is 3.22. The van der Waals surface area contributed by atoms with E-state index in [0.29, 0.717) is 29.9 Å². The Bertz CT molecular complexity index is 1960. The Kier molecular flexibility index (Phi) is 23.7. The molecule has 0 fully saturated rings. The summed E-state index contributed by atoms with van der Waals surface area (Å²) in [7, 11) is -3.84. The van der Waals surface area contributed by atoms with E-state index in [1.54, 1.807) is 6.07 Å². The molecule has 63 heavy (non-hydrogen) atoms. The average molecular weight is 905 g/mol. The number of hydrogen-bond acceptors (Lipinski definition) is 14. The van der Waals surface area contributed by atoms with E-state index in [1.165, 1.54) is 48.8 Å². The molecule has 3 aromatic rings. The first-order valence-electron chi connectivity index (χ1n) is 21.0. The molecule has 2 amide bonds. The molecule has 0 aliphatic heterocycles. The second-order valence-corrected chi connectivity index (χ2v) is 17.4. The number of aromatic nitrogens is 2. The molecule has 0 radical (unpaired) electrons. The van der Waals surface area contributed by atoms with Crippen LogP contribution in [0.4, 0.5) is 4.39 Å². The number of unbranched alkanes of at least 4 members (excludes halogenated alkanes) is 6. The van der Waals surface area contributed by atoms with Crippen molar-refractivity contribution in [1.29, 1.82) is 0 Å². The molecule has 17 nitrogen and oxygen atoms in total. The number of rotatable bonds is 32. The summed E-state index contributed by atoms with van der Waals surface area (Å²) < 4.78 is 72.8. The van der Waals surface area contributed by atoms with Gasteiger partial charge in [0.25, 0.3) is 5.91 Å². The molecule has 1 heterocycles. The van der Waals surface area contributed by atoms with Crippen LogP contribution in [0.2, 0.25) is 0 Å². The minimum atomic E-state index is -3.84. The van der Waals surface area contributed by atoms with Gasteiger partial charge in [0.05, 0.1) is 50.1 Å². The van der Waals surface area contributed by atoms with Gasteiger partial charge >= 0.3 is 11.9 Å². The first kappa shape index (κ1) is 52.3. The molecule has 0 saturated heterocycles. The van der Waals surface area contributed by atoms with Gasteiger partial charge in [0.15, 0.2) is 9.84 Å². The number of benzene rings is 2. The molecule has 0 saturated carbocycles. The maximum atomic E-state index is 14.6. The molecule has 2 aromatic carbocycles. The first-order chi connectivity index (χ1) is 30.1. The van der Waals surface area contributed by atoms with Crippen LogP contribution in [0.5, 0.6) is 11.5 Å². The first-order valence-corrected chi connectivity index (χ1v) is 22.7. The Balaban J connectivity index is 1.28. The van der Waals surface area contributed by atoms with Gasteiger partial charge in [0.2, 0.25) is 5.91 Å². The zero-order chi connectivity index (χ0) is 45.9. The summed E-state index contributed by atoms with van der Waals surface area (Å²) in [6, 6.07) is 10.4. The fraction of sp³-hybridized carbons (Fsp3) is 0.545. The monoisotopic (exact) mass is 904 g/mol. The number of nitrogens with zero attached hydrogens (tertiary/aromatic N) is 2. The van der Waals surface area contributed by atoms with Gasteiger partial charge in [-0.2, -0.15) is 0 Å². The number of nitrogens with one attached hydrogen (secondary N) is 2. The summed E-state index contributed by atoms with van der Waals surface area (Å²) >= 11 is 0. The highest BCUT2D eigenvalue weighted by atomic mass is 32.2. The molecular weight excluding hydrogens is 844 g/mol. The number of carbonyl (C=O) groups is 4. The number of carboxylic acids is 1. The number of esters is 1. The highest BCUT2D eigenvalue weighted by molar-refractivity contribution is 7.90. The molecule has 0 unspecified atom stereocenters. The molecule has 0 atom stereocenters. The van der Waals surface area contributed by atoms with Crippen LogP contribution in [0.15, 0.2) is 59.8 Å². The Morgan fingerprint density at radius 3 is 1.92 bits per heavy atom. The second kappa shape index (κ2) is 28.6. The lowest BCUT2D eigenvalue weighted by Crippen LogP contribution is -2.31. The maximum Gasteiger partial charge on any atom is 0.329 e. The molecule has 1 aromatic heterocycles. The van der Waals surface area contributed by atoms with Crippen molar-refractivity contribution in [2.45, 2.75) is 94.8 Å². The third-order valence-electron chi connectivity index (χ3n) is 8.77. The molecular formula is C44H61FN4O13S. The van der Waals surface area contributed by atoms with Crippen LogP contribution in [0.1, 0.15) is 93.9 Å². The number of ether oxygens (including phenoxy) is 6. The molecule has 0 spiro atoms. The van der Waals surface area contributed by atoms with Gasteiger partial charge in [-0.05, 0) is 88.1 Å². The third kappa shape index (κ3) is 23.3. The van der Waals surface area contributed by atoms with Crippen molar-refractivity contribution in [3.63, 3.8) is 0 Å². The van der Waals surface area contributed by atoms with Crippen molar-refractivity contribution in [3.05, 3.63) is 77.6 Å². The van der Waals surface area contributed by atoms with Gasteiger partial charge in [0.1, 0.15) is 47.7 Å². The second-order valence-electron chi connectivity index (χ2n) is 15.4. The van der Waals surface area contributed by atoms with Crippen molar-refractivity contribution in [3.8, 4) is 11.5 Å². The van der Waals surface area contributed by atoms with E-state index in [0.717, 1.165) is 44.9 Å². The largest absolute Gasteiger partial charge is 0.480 e. The van der Waals surface area contributed by atoms with Gasteiger partial charge in [-0.25, -0.2) is 27.6 Å². The molecule has 348 valence electrons. The SMILES string of the molecule is CC(C)(C)OC(=O)CCCCCCCCCc1cc(Oc2ccc(S(=O)(=O)Cc3ncc(C(=O)NCCOCCOCC(=O)NCCOCCOCC(=O)O)cn3)cc2)ccc1F. The summed E-state index contributed by atoms with van der Waals surface area (Å²) in [5.41, 5.74) is 0.216. The minimum absolute atomic E-state index is 0.00595. The van der Waals surface area contributed by atoms with Crippen LogP contribution < -0.4 is 15.4 Å². The minimum Gasteiger partial charge on any atom is -0.480 e. The zero-order valence-corrected chi connectivity index (χ0v) is 37.2. The van der Waals surface area contributed by atoms with Crippen LogP contribution >= 0.6 is 0 Å². The highest BCUT2D eigenvalue weighted by Crippen LogP contribution is 2.27. The summed E-state index contributed by atoms with van der Waals surface area (Å²) in [5.74, 6) is -2.03. The fourth-order valence-electron chi connectivity index (χ4n) is 5.73. The predicted octanol–water partition coefficient (Wildman–Crippen LogP) is 5.38. The summed E-state index contributed by atoms with van der Waals surface area (Å²) in [4.78, 5) is 54.6. The Labute approximate surface area is 368 Å². The standard InChI is InChI=1S/C44H61FN4O13S/c1-44(2,3)62-42(53)12-10-8-6-4-5-7-9-11-33-27-36(15-18-38(33)45)61-35-13-16-37(17-14-35)63(55,56)32-39-48-28-34(29-49-39)43(54)47-20-22-58-23-25-59-30-40(50)46-19-21-57-24-26-60-31-41(51)52/h13-18,27-29H,4-12,19-26,30-32H2,1-3H3,(H,46,50)(H,47,54)(H,51,52). The van der Waals surface area contributed by atoms with Crippen molar-refractivity contribution in [2.75, 3.05) is 65.9 Å². The van der Waals surface area contributed by atoms with E-state index in [9.17, 15) is 32.0 Å². The van der Waals surface area contributed by atoms with Gasteiger partial charge < -0.3 is 44.2 Å². The molecule has 3 N–H and O–H groups in total. The number of carboxylic acid groups (broad SMARTS) is 1. The Hall–Kier alpha value is -5.08. The van der Waals surface area contributed by atoms with E-state index in [-0.39, 0.29) is 93.3 Å². The summed E-state index contributed by atoms with van der Waals surface area (Å²) in [6.45, 7) is 6.51. The number of carbonyl (C=O) groups excluding carboxylic acids is 3. The van der Waals surface area contributed by atoms with Crippen LogP contribution in [-0.4, -0.2) is 119 Å². The van der Waals surface area contributed by atoms with Gasteiger partial charge in [-0.3, -0.25) is 14.4 Å². The molecule has 3 rings (SSSR count). The lowest BCUT2D eigenvalue weighted by molar-refractivity contribution is -0.155. The topological polar surface area (TPSA) is 228 Å². The molecule has 0 bridgehead atoms. The van der Waals surface area contributed by atoms with E-state index in [2.05, 4.69) is 20.6 Å². The number of aryl methyl sites for hydroxylation is 1. The number of aliphatic carboxylic acids is 1. The quantitative estimate of drug-likeness (QED) is 0.0528. The lowest BCUT2D eigenvalue weighted by Gasteiger charge is -2.19. The molecule has 19 heteroatoms. The van der Waals surface area contributed by atoms with Gasteiger partial charge in [-0.1, -0.05) is 32.1 Å². The highest BCUT2D eigenvalue weighted by Gasteiger charge is 2.19. The van der Waals surface area contributed by atoms with Crippen molar-refractivity contribution < 1.29 is 65.5 Å². The normalized spacial score (nSPS) is 11.6. The number of amides is 2. The lowest BCUT2D eigenvalue weighted by atomic mass is 10.0. The van der Waals surface area contributed by atoms with Crippen LogP contribution in [0, 0.1) is 5.82 Å². The van der Waals surface area contributed by atoms with Crippen LogP contribution in [0.25, 0.3) is 0 Å². The van der Waals surface area contributed by atoms with Crippen molar-refractivity contribution in [2.24, 2.45) is 0 Å². The summed E-state index contributed by atoms with van der Waals surface area (Å²) in [5, 5.41) is 13.7. The van der Waals surface area contributed by atoms with E-state index >= 15 is 0 Å². The number of sulfone groups is 1. The zero-order valence-electron chi connectivity index (χ0n) is 36.4. The van der Waals surface area contributed by atoms with Gasteiger partial charge in [-0.15, -0.1) is 0 Å². The Morgan fingerprint density at radius 1 is 0.714 bits per heavy atom. The maximum absolute atomic E-state index is 14.6. The van der Waals surface area contributed by atoms with Crippen molar-refractivity contribution >= 4 is 33.6 Å². The Morgan fingerprint density at radius 2 is 1.29 bits per heavy atom. The predicted molar refractivity (Wildman–Crippen MR) is 229 cm³/mol. The van der Waals surface area contributed by atoms with Crippen LogP contribution in [0.3, 0.4) is 0 Å². The molecule has 0 aliphatic rings. The number of halogens is 1. The summed E-state index contributed by atoms with van der Waals surface area (Å²) in [6.07, 6.45) is 10.1. The van der Waals surface area contributed by atoms with Crippen LogP contribution in [-0.2, 0) is 60.1 Å². The fourth-order valence-corrected chi connectivity index (χ4v) is 6.94. The molecule has 0 aliphatic carbocycles. The van der Waals surface area contributed by atoms with Gasteiger partial charge in [0, 0.05) is 31.9 Å². The smallest absolute Gasteiger partial charge is 0.329 e. The van der Waals surface area contributed by atoms with E-state index in [1.807, 2.05) is 20.8 Å². The third-order valence-corrected chi connectivity index (χ3v) is 10.4. The van der Waals surface area contributed by atoms with E-state index in [4.69, 9.17) is 33.5 Å². The van der Waals surface area contributed by atoms with Crippen molar-refractivity contribution in [1.82, 2.24) is 20.6 Å².